The van der Waals surface area contributed by atoms with Gasteiger partial charge in [0.2, 0.25) is 0 Å². The average Bonchev–Trinajstić information content (AvgIpc) is 3.37. The molecule has 7 nitrogen and oxygen atoms in total. The van der Waals surface area contributed by atoms with Crippen LogP contribution in [-0.4, -0.2) is 49.6 Å². The molecular formula is C20H23N5O2. The number of carbonyl (C=O) groups excluding carboxylic acids is 1. The third-order valence-electron chi connectivity index (χ3n) is 5.47. The highest BCUT2D eigenvalue weighted by atomic mass is 16.5. The van der Waals surface area contributed by atoms with Crippen molar-refractivity contribution in [2.75, 3.05) is 13.2 Å². The number of carbonyl (C=O) groups is 1. The lowest BCUT2D eigenvalue weighted by Gasteiger charge is -2.23. The second kappa shape index (κ2) is 6.49. The van der Waals surface area contributed by atoms with E-state index in [2.05, 4.69) is 10.2 Å². The number of para-hydroxylation sites is 1. The van der Waals surface area contributed by atoms with Gasteiger partial charge in [0.25, 0.3) is 5.91 Å². The number of hydrogen-bond acceptors (Lipinski definition) is 4. The Kier molecular flexibility index (Phi) is 3.97. The van der Waals surface area contributed by atoms with Gasteiger partial charge in [-0.05, 0) is 30.9 Å². The summed E-state index contributed by atoms with van der Waals surface area (Å²) in [7, 11) is 1.87. The van der Waals surface area contributed by atoms with Gasteiger partial charge in [0.05, 0.1) is 30.4 Å². The van der Waals surface area contributed by atoms with Crippen molar-refractivity contribution < 1.29 is 9.53 Å². The first-order chi connectivity index (χ1) is 13.2. The van der Waals surface area contributed by atoms with Crippen LogP contribution in [0.4, 0.5) is 0 Å². The van der Waals surface area contributed by atoms with Gasteiger partial charge in [-0.25, -0.2) is 0 Å². The summed E-state index contributed by atoms with van der Waals surface area (Å²) < 4.78 is 9.87. The lowest BCUT2D eigenvalue weighted by atomic mass is 10.2. The number of amides is 1. The molecule has 0 N–H and O–H groups in total. The van der Waals surface area contributed by atoms with E-state index >= 15 is 0 Å². The van der Waals surface area contributed by atoms with Crippen molar-refractivity contribution in [3.05, 3.63) is 47.9 Å². The first-order valence-corrected chi connectivity index (χ1v) is 9.52. The van der Waals surface area contributed by atoms with Crippen molar-refractivity contribution in [1.29, 1.82) is 0 Å². The first kappa shape index (κ1) is 16.5. The highest BCUT2D eigenvalue weighted by Gasteiger charge is 2.30. The maximum Gasteiger partial charge on any atom is 0.275 e. The monoisotopic (exact) mass is 365 g/mol. The lowest BCUT2D eigenvalue weighted by Crippen LogP contribution is -2.38. The lowest BCUT2D eigenvalue weighted by molar-refractivity contribution is 0.0135. The Hall–Kier alpha value is -2.67. The van der Waals surface area contributed by atoms with Crippen LogP contribution in [0.3, 0.4) is 0 Å². The van der Waals surface area contributed by atoms with Gasteiger partial charge in [0.1, 0.15) is 0 Å². The van der Waals surface area contributed by atoms with Crippen molar-refractivity contribution in [2.45, 2.75) is 32.0 Å². The summed E-state index contributed by atoms with van der Waals surface area (Å²) in [5.74, 6) is 0.635. The van der Waals surface area contributed by atoms with Crippen molar-refractivity contribution >= 4 is 16.8 Å². The first-order valence-electron chi connectivity index (χ1n) is 9.52. The molecule has 5 rings (SSSR count). The molecule has 0 bridgehead atoms. The smallest absolute Gasteiger partial charge is 0.275 e. The predicted molar refractivity (Wildman–Crippen MR) is 100 cm³/mol. The molecule has 1 atom stereocenters. The van der Waals surface area contributed by atoms with E-state index in [1.54, 1.807) is 10.9 Å². The van der Waals surface area contributed by atoms with E-state index in [0.717, 1.165) is 23.2 Å². The minimum Gasteiger partial charge on any atom is -0.374 e. The molecule has 1 fully saturated rings. The molecule has 1 saturated carbocycles. The third-order valence-corrected chi connectivity index (χ3v) is 5.47. The van der Waals surface area contributed by atoms with Crippen molar-refractivity contribution in [3.63, 3.8) is 0 Å². The molecule has 1 unspecified atom stereocenters. The van der Waals surface area contributed by atoms with E-state index in [9.17, 15) is 4.79 Å². The van der Waals surface area contributed by atoms with Gasteiger partial charge in [-0.1, -0.05) is 18.2 Å². The minimum atomic E-state index is -0.0542. The Bertz CT molecular complexity index is 987. The average molecular weight is 365 g/mol. The van der Waals surface area contributed by atoms with Crippen LogP contribution >= 0.6 is 0 Å². The molecular weight excluding hydrogens is 342 g/mol. The summed E-state index contributed by atoms with van der Waals surface area (Å²) in [6.07, 6.45) is 4.24. The number of aryl methyl sites for hydroxylation is 1. The molecule has 2 aliphatic rings. The zero-order chi connectivity index (χ0) is 18.4. The molecule has 0 radical (unpaired) electrons. The summed E-state index contributed by atoms with van der Waals surface area (Å²) in [4.78, 5) is 15.2. The quantitative estimate of drug-likeness (QED) is 0.711. The molecule has 0 spiro atoms. The summed E-state index contributed by atoms with van der Waals surface area (Å²) in [5.41, 5.74) is 2.49. The highest BCUT2D eigenvalue weighted by molar-refractivity contribution is 6.04. The Morgan fingerprint density at radius 1 is 1.22 bits per heavy atom. The molecule has 27 heavy (non-hydrogen) atoms. The predicted octanol–water partition coefficient (Wildman–Crippen LogP) is 2.22. The van der Waals surface area contributed by atoms with E-state index in [-0.39, 0.29) is 12.0 Å². The van der Waals surface area contributed by atoms with Crippen LogP contribution in [-0.2, 0) is 24.9 Å². The maximum atomic E-state index is 13.4. The van der Waals surface area contributed by atoms with Gasteiger partial charge in [0, 0.05) is 31.8 Å². The summed E-state index contributed by atoms with van der Waals surface area (Å²) in [6, 6.07) is 9.82. The van der Waals surface area contributed by atoms with E-state index in [1.807, 2.05) is 47.0 Å². The maximum absolute atomic E-state index is 13.4. The fourth-order valence-electron chi connectivity index (χ4n) is 3.75. The highest BCUT2D eigenvalue weighted by Crippen LogP contribution is 2.30. The van der Waals surface area contributed by atoms with Crippen LogP contribution in [0.15, 0.2) is 36.5 Å². The van der Waals surface area contributed by atoms with Gasteiger partial charge in [-0.2, -0.15) is 10.2 Å². The molecule has 1 amide bonds. The summed E-state index contributed by atoms with van der Waals surface area (Å²) in [6.45, 7) is 2.53. The number of nitrogens with zero attached hydrogens (tertiary/aromatic N) is 5. The van der Waals surface area contributed by atoms with Gasteiger partial charge >= 0.3 is 0 Å². The molecule has 7 heteroatoms. The fourth-order valence-corrected chi connectivity index (χ4v) is 3.75. The van der Waals surface area contributed by atoms with E-state index in [1.165, 1.54) is 12.8 Å². The van der Waals surface area contributed by atoms with Gasteiger partial charge in [0.15, 0.2) is 5.69 Å². The molecule has 1 aliphatic heterocycles. The number of fused-ring (bicyclic) bond motifs is 2. The second-order valence-corrected chi connectivity index (χ2v) is 7.58. The molecule has 140 valence electrons. The van der Waals surface area contributed by atoms with E-state index < -0.39 is 0 Å². The number of rotatable bonds is 4. The van der Waals surface area contributed by atoms with Crippen LogP contribution < -0.4 is 0 Å². The number of ether oxygens (including phenoxy) is 1. The molecule has 3 heterocycles. The molecule has 2 aromatic heterocycles. The third kappa shape index (κ3) is 3.12. The second-order valence-electron chi connectivity index (χ2n) is 7.58. The largest absolute Gasteiger partial charge is 0.374 e. The van der Waals surface area contributed by atoms with Crippen molar-refractivity contribution in [1.82, 2.24) is 24.5 Å². The Balaban J connectivity index is 1.45. The molecule has 1 aliphatic carbocycles. The van der Waals surface area contributed by atoms with Crippen LogP contribution in [0, 0.1) is 5.92 Å². The van der Waals surface area contributed by atoms with Gasteiger partial charge < -0.3 is 9.64 Å². The molecule has 3 aromatic rings. The van der Waals surface area contributed by atoms with Crippen LogP contribution in [0.25, 0.3) is 10.9 Å². The Morgan fingerprint density at radius 2 is 2.07 bits per heavy atom. The summed E-state index contributed by atoms with van der Waals surface area (Å²) in [5, 5.41) is 9.81. The Labute approximate surface area is 157 Å². The number of hydrogen-bond donors (Lipinski definition) is 0. The molecule has 1 aromatic carbocycles. The zero-order valence-corrected chi connectivity index (χ0v) is 15.4. The SMILES string of the molecule is Cn1nc(C(=O)N2Cc3ccnn3CC(OCC3CC3)C2)c2ccccc21. The number of benzene rings is 1. The van der Waals surface area contributed by atoms with Crippen LogP contribution in [0.5, 0.6) is 0 Å². The normalized spacial score (nSPS) is 19.9. The standard InChI is InChI=1S/C20H23N5O2/c1-23-18-5-3-2-4-17(18)19(22-23)20(26)24-10-15-8-9-21-25(15)12-16(11-24)27-13-14-6-7-14/h2-5,8-9,14,16H,6-7,10-13H2,1H3. The minimum absolute atomic E-state index is 0.0503. The number of aromatic nitrogens is 4. The van der Waals surface area contributed by atoms with E-state index in [0.29, 0.717) is 31.2 Å². The van der Waals surface area contributed by atoms with Gasteiger partial charge in [-0.3, -0.25) is 14.2 Å². The van der Waals surface area contributed by atoms with E-state index in [4.69, 9.17) is 4.74 Å². The van der Waals surface area contributed by atoms with Crippen LogP contribution in [0.2, 0.25) is 0 Å². The topological polar surface area (TPSA) is 65.2 Å². The van der Waals surface area contributed by atoms with Crippen molar-refractivity contribution in [2.24, 2.45) is 13.0 Å². The zero-order valence-electron chi connectivity index (χ0n) is 15.4. The van der Waals surface area contributed by atoms with Crippen molar-refractivity contribution in [3.8, 4) is 0 Å². The summed E-state index contributed by atoms with van der Waals surface area (Å²) >= 11 is 0. The Morgan fingerprint density at radius 3 is 2.93 bits per heavy atom. The molecule has 0 saturated heterocycles. The van der Waals surface area contributed by atoms with Gasteiger partial charge in [-0.15, -0.1) is 0 Å². The van der Waals surface area contributed by atoms with Crippen LogP contribution in [0.1, 0.15) is 29.0 Å². The fraction of sp³-hybridized carbons (Fsp3) is 0.450.